The van der Waals surface area contributed by atoms with E-state index in [4.69, 9.17) is 5.73 Å². The summed E-state index contributed by atoms with van der Waals surface area (Å²) in [6, 6.07) is 0. The topological polar surface area (TPSA) is 75.4 Å². The van der Waals surface area contributed by atoms with E-state index in [0.29, 0.717) is 19.0 Å². The van der Waals surface area contributed by atoms with Crippen LogP contribution in [0.4, 0.5) is 0 Å². The maximum absolute atomic E-state index is 12.2. The average Bonchev–Trinajstić information content (AvgIpc) is 2.37. The molecule has 0 aromatic rings. The van der Waals surface area contributed by atoms with Crippen molar-refractivity contribution in [3.05, 3.63) is 0 Å². The van der Waals surface area contributed by atoms with Crippen molar-refractivity contribution in [1.29, 1.82) is 0 Å². The van der Waals surface area contributed by atoms with E-state index in [1.807, 2.05) is 6.92 Å². The van der Waals surface area contributed by atoms with Gasteiger partial charge < -0.3 is 5.73 Å². The minimum atomic E-state index is -3.41. The lowest BCUT2D eigenvalue weighted by atomic mass is 9.77. The van der Waals surface area contributed by atoms with Gasteiger partial charge in [-0.25, -0.2) is 4.72 Å². The summed E-state index contributed by atoms with van der Waals surface area (Å²) >= 11 is 0. The maximum atomic E-state index is 12.2. The van der Waals surface area contributed by atoms with Crippen molar-refractivity contribution in [3.8, 4) is 0 Å². The van der Waals surface area contributed by atoms with Crippen molar-refractivity contribution in [2.45, 2.75) is 51.5 Å². The highest BCUT2D eigenvalue weighted by atomic mass is 32.2. The molecule has 5 nitrogen and oxygen atoms in total. The summed E-state index contributed by atoms with van der Waals surface area (Å²) < 4.78 is 28.4. The van der Waals surface area contributed by atoms with Crippen LogP contribution in [0.3, 0.4) is 0 Å². The molecule has 0 spiro atoms. The molecular weight excluding hydrogens is 250 g/mol. The number of rotatable bonds is 6. The summed E-state index contributed by atoms with van der Waals surface area (Å²) in [6.45, 7) is 5.15. The number of nitrogens with one attached hydrogen (secondary N) is 1. The Kier molecular flexibility index (Phi) is 5.58. The molecule has 0 amide bonds. The second-order valence-corrected chi connectivity index (χ2v) is 7.19. The first-order chi connectivity index (χ1) is 8.41. The summed E-state index contributed by atoms with van der Waals surface area (Å²) in [5, 5.41) is 0. The molecule has 1 saturated carbocycles. The van der Waals surface area contributed by atoms with Crippen LogP contribution in [-0.2, 0) is 10.2 Å². The third-order valence-corrected chi connectivity index (χ3v) is 5.75. The Morgan fingerprint density at radius 1 is 1.39 bits per heavy atom. The zero-order valence-electron chi connectivity index (χ0n) is 11.8. The van der Waals surface area contributed by atoms with Gasteiger partial charge >= 0.3 is 0 Å². The highest BCUT2D eigenvalue weighted by molar-refractivity contribution is 7.87. The van der Waals surface area contributed by atoms with Crippen LogP contribution in [-0.4, -0.2) is 38.4 Å². The standard InChI is InChI=1S/C12H27N3O2S/c1-4-9-15(18(16,17)14-3)12(10-13)7-5-11(2)6-8-12/h11,14H,4-10,13H2,1-3H3. The molecule has 0 aliphatic heterocycles. The van der Waals surface area contributed by atoms with E-state index < -0.39 is 10.2 Å². The molecule has 0 saturated heterocycles. The Bertz CT molecular complexity index is 348. The zero-order chi connectivity index (χ0) is 13.8. The first-order valence-corrected chi connectivity index (χ1v) is 8.27. The summed E-state index contributed by atoms with van der Waals surface area (Å²) in [5.74, 6) is 0.672. The molecule has 6 heteroatoms. The molecule has 3 N–H and O–H groups in total. The van der Waals surface area contributed by atoms with Gasteiger partial charge in [0.25, 0.3) is 10.2 Å². The van der Waals surface area contributed by atoms with Gasteiger partial charge in [0.2, 0.25) is 0 Å². The maximum Gasteiger partial charge on any atom is 0.279 e. The molecule has 0 atom stereocenters. The second-order valence-electron chi connectivity index (χ2n) is 5.39. The molecule has 1 aliphatic rings. The predicted octanol–water partition coefficient (Wildman–Crippen LogP) is 1.07. The van der Waals surface area contributed by atoms with Crippen LogP contribution in [0.15, 0.2) is 0 Å². The lowest BCUT2D eigenvalue weighted by Crippen LogP contribution is -2.60. The Balaban J connectivity index is 3.01. The van der Waals surface area contributed by atoms with Gasteiger partial charge in [-0.3, -0.25) is 0 Å². The minimum Gasteiger partial charge on any atom is -0.329 e. The third kappa shape index (κ3) is 3.23. The molecule has 0 aromatic carbocycles. The molecule has 1 rings (SSSR count). The van der Waals surface area contributed by atoms with Crippen LogP contribution in [0, 0.1) is 5.92 Å². The van der Waals surface area contributed by atoms with Gasteiger partial charge in [-0.15, -0.1) is 0 Å². The predicted molar refractivity (Wildman–Crippen MR) is 74.4 cm³/mol. The van der Waals surface area contributed by atoms with Crippen molar-refractivity contribution in [2.24, 2.45) is 11.7 Å². The van der Waals surface area contributed by atoms with Gasteiger partial charge in [0.15, 0.2) is 0 Å². The number of hydrogen-bond acceptors (Lipinski definition) is 3. The minimum absolute atomic E-state index is 0.385. The van der Waals surface area contributed by atoms with Crippen molar-refractivity contribution in [1.82, 2.24) is 9.03 Å². The van der Waals surface area contributed by atoms with Crippen LogP contribution >= 0.6 is 0 Å². The van der Waals surface area contributed by atoms with Crippen molar-refractivity contribution < 1.29 is 8.42 Å². The smallest absolute Gasteiger partial charge is 0.279 e. The van der Waals surface area contributed by atoms with Crippen LogP contribution in [0.2, 0.25) is 0 Å². The molecule has 108 valence electrons. The summed E-state index contributed by atoms with van der Waals surface area (Å²) in [6.07, 6.45) is 4.64. The van der Waals surface area contributed by atoms with E-state index in [-0.39, 0.29) is 5.54 Å². The Morgan fingerprint density at radius 3 is 2.33 bits per heavy atom. The van der Waals surface area contributed by atoms with Crippen molar-refractivity contribution in [3.63, 3.8) is 0 Å². The molecular formula is C12H27N3O2S. The monoisotopic (exact) mass is 277 g/mol. The van der Waals surface area contributed by atoms with Gasteiger partial charge in [-0.1, -0.05) is 13.8 Å². The zero-order valence-corrected chi connectivity index (χ0v) is 12.6. The summed E-state index contributed by atoms with van der Waals surface area (Å²) in [7, 11) is -1.94. The van der Waals surface area contributed by atoms with E-state index in [1.165, 1.54) is 7.05 Å². The highest BCUT2D eigenvalue weighted by Crippen LogP contribution is 2.37. The van der Waals surface area contributed by atoms with E-state index >= 15 is 0 Å². The Hall–Kier alpha value is -0.170. The number of hydrogen-bond donors (Lipinski definition) is 2. The van der Waals surface area contributed by atoms with Crippen molar-refractivity contribution >= 4 is 10.2 Å². The van der Waals surface area contributed by atoms with Crippen LogP contribution in [0.5, 0.6) is 0 Å². The van der Waals surface area contributed by atoms with E-state index in [2.05, 4.69) is 11.6 Å². The van der Waals surface area contributed by atoms with Crippen LogP contribution in [0.1, 0.15) is 46.0 Å². The van der Waals surface area contributed by atoms with Gasteiger partial charge in [0, 0.05) is 25.7 Å². The Morgan fingerprint density at radius 2 is 1.94 bits per heavy atom. The fourth-order valence-electron chi connectivity index (χ4n) is 2.78. The fraction of sp³-hybridized carbons (Fsp3) is 1.00. The SMILES string of the molecule is CCCN(C1(CN)CCC(C)CC1)S(=O)(=O)NC. The van der Waals surface area contributed by atoms with Gasteiger partial charge in [0.05, 0.1) is 0 Å². The summed E-state index contributed by atoms with van der Waals surface area (Å²) in [5.41, 5.74) is 5.55. The van der Waals surface area contributed by atoms with Gasteiger partial charge in [-0.2, -0.15) is 12.7 Å². The number of nitrogens with zero attached hydrogens (tertiary/aromatic N) is 1. The first-order valence-electron chi connectivity index (χ1n) is 6.83. The van der Waals surface area contributed by atoms with Gasteiger partial charge in [0.1, 0.15) is 0 Å². The van der Waals surface area contributed by atoms with E-state index in [0.717, 1.165) is 32.1 Å². The summed E-state index contributed by atoms with van der Waals surface area (Å²) in [4.78, 5) is 0. The highest BCUT2D eigenvalue weighted by Gasteiger charge is 2.43. The fourth-order valence-corrected chi connectivity index (χ4v) is 4.19. The molecule has 18 heavy (non-hydrogen) atoms. The third-order valence-electron chi connectivity index (χ3n) is 4.09. The Labute approximate surface area is 111 Å². The van der Waals surface area contributed by atoms with E-state index in [9.17, 15) is 8.42 Å². The normalized spacial score (nSPS) is 29.7. The number of nitrogens with two attached hydrogens (primary N) is 1. The second kappa shape index (κ2) is 6.32. The first kappa shape index (κ1) is 15.9. The van der Waals surface area contributed by atoms with Crippen LogP contribution in [0.25, 0.3) is 0 Å². The quantitative estimate of drug-likeness (QED) is 0.762. The molecule has 0 unspecified atom stereocenters. The molecule has 0 radical (unpaired) electrons. The molecule has 0 aromatic heterocycles. The molecule has 0 heterocycles. The largest absolute Gasteiger partial charge is 0.329 e. The van der Waals surface area contributed by atoms with Crippen molar-refractivity contribution in [2.75, 3.05) is 20.1 Å². The molecule has 0 bridgehead atoms. The van der Waals surface area contributed by atoms with E-state index in [1.54, 1.807) is 4.31 Å². The lowest BCUT2D eigenvalue weighted by molar-refractivity contribution is 0.114. The molecule has 1 fully saturated rings. The lowest BCUT2D eigenvalue weighted by Gasteiger charge is -2.45. The van der Waals surface area contributed by atoms with Gasteiger partial charge in [-0.05, 0) is 38.0 Å². The van der Waals surface area contributed by atoms with Crippen LogP contribution < -0.4 is 10.5 Å². The molecule has 1 aliphatic carbocycles. The average molecular weight is 277 g/mol.